The van der Waals surface area contributed by atoms with Crippen LogP contribution in [0.25, 0.3) is 11.3 Å². The van der Waals surface area contributed by atoms with Gasteiger partial charge >= 0.3 is 0 Å². The summed E-state index contributed by atoms with van der Waals surface area (Å²) in [4.78, 5) is 5.97. The molecule has 0 amide bonds. The van der Waals surface area contributed by atoms with E-state index in [0.717, 1.165) is 17.2 Å². The van der Waals surface area contributed by atoms with Crippen LogP contribution in [0.3, 0.4) is 0 Å². The minimum Gasteiger partial charge on any atom is -0.307 e. The lowest BCUT2D eigenvalue weighted by Gasteiger charge is -2.20. The van der Waals surface area contributed by atoms with Gasteiger partial charge in [-0.15, -0.1) is 11.3 Å². The van der Waals surface area contributed by atoms with Crippen molar-refractivity contribution in [2.24, 2.45) is 0 Å². The molecular formula is C15H20N2S. The van der Waals surface area contributed by atoms with Crippen LogP contribution in [0.5, 0.6) is 0 Å². The highest BCUT2D eigenvalue weighted by Gasteiger charge is 2.14. The van der Waals surface area contributed by atoms with Crippen LogP contribution < -0.4 is 5.32 Å². The summed E-state index contributed by atoms with van der Waals surface area (Å²) in [7, 11) is 0. The summed E-state index contributed by atoms with van der Waals surface area (Å²) in [6.45, 7) is 9.49. The first-order chi connectivity index (χ1) is 8.46. The molecule has 0 spiro atoms. The lowest BCUT2D eigenvalue weighted by Crippen LogP contribution is -2.34. The van der Waals surface area contributed by atoms with E-state index in [1.165, 1.54) is 10.4 Å². The Morgan fingerprint density at radius 2 is 1.83 bits per heavy atom. The van der Waals surface area contributed by atoms with Crippen molar-refractivity contribution < 1.29 is 0 Å². The third-order valence-electron chi connectivity index (χ3n) is 2.63. The van der Waals surface area contributed by atoms with Gasteiger partial charge in [-0.3, -0.25) is 0 Å². The fraction of sp³-hybridized carbons (Fsp3) is 0.400. The zero-order valence-electron chi connectivity index (χ0n) is 11.4. The van der Waals surface area contributed by atoms with Crippen LogP contribution in [0.4, 0.5) is 0 Å². The van der Waals surface area contributed by atoms with E-state index >= 15 is 0 Å². The summed E-state index contributed by atoms with van der Waals surface area (Å²) in [6.07, 6.45) is 0. The summed E-state index contributed by atoms with van der Waals surface area (Å²) in [5.41, 5.74) is 2.45. The monoisotopic (exact) mass is 260 g/mol. The van der Waals surface area contributed by atoms with Crippen molar-refractivity contribution in [1.82, 2.24) is 10.3 Å². The van der Waals surface area contributed by atoms with E-state index in [0.29, 0.717) is 0 Å². The molecule has 96 valence electrons. The van der Waals surface area contributed by atoms with Gasteiger partial charge in [-0.25, -0.2) is 4.98 Å². The fourth-order valence-corrected chi connectivity index (χ4v) is 2.65. The molecule has 0 saturated carbocycles. The molecular weight excluding hydrogens is 240 g/mol. The van der Waals surface area contributed by atoms with Crippen molar-refractivity contribution in [3.63, 3.8) is 0 Å². The second-order valence-corrected chi connectivity index (χ2v) is 6.76. The van der Waals surface area contributed by atoms with Crippen molar-refractivity contribution in [1.29, 1.82) is 0 Å². The third kappa shape index (κ3) is 3.40. The van der Waals surface area contributed by atoms with Gasteiger partial charge in [-0.05, 0) is 27.7 Å². The first-order valence-electron chi connectivity index (χ1n) is 6.22. The maximum Gasteiger partial charge on any atom is 0.0905 e. The molecule has 0 aliphatic heterocycles. The summed E-state index contributed by atoms with van der Waals surface area (Å²) in [5, 5.41) is 4.66. The molecule has 1 heterocycles. The van der Waals surface area contributed by atoms with Crippen LogP contribution in [0.2, 0.25) is 0 Å². The lowest BCUT2D eigenvalue weighted by atomic mass is 10.1. The number of hydrogen-bond acceptors (Lipinski definition) is 3. The van der Waals surface area contributed by atoms with Crippen LogP contribution in [0.15, 0.2) is 30.3 Å². The van der Waals surface area contributed by atoms with Crippen molar-refractivity contribution in [2.75, 3.05) is 0 Å². The average molecular weight is 260 g/mol. The van der Waals surface area contributed by atoms with E-state index in [2.05, 4.69) is 62.3 Å². The number of hydrogen-bond donors (Lipinski definition) is 1. The molecule has 0 aliphatic carbocycles. The van der Waals surface area contributed by atoms with Gasteiger partial charge in [0, 0.05) is 22.5 Å². The van der Waals surface area contributed by atoms with Crippen molar-refractivity contribution in [2.45, 2.75) is 39.8 Å². The van der Waals surface area contributed by atoms with E-state index < -0.39 is 0 Å². The molecule has 0 aliphatic rings. The predicted octanol–water partition coefficient (Wildman–Crippen LogP) is 4.01. The Hall–Kier alpha value is -1.19. The molecule has 0 fully saturated rings. The molecule has 0 atom stereocenters. The van der Waals surface area contributed by atoms with Gasteiger partial charge in [0.25, 0.3) is 0 Å². The molecule has 1 aromatic carbocycles. The van der Waals surface area contributed by atoms with Crippen LogP contribution in [0, 0.1) is 6.92 Å². The molecule has 0 radical (unpaired) electrons. The molecule has 2 rings (SSSR count). The molecule has 18 heavy (non-hydrogen) atoms. The topological polar surface area (TPSA) is 24.9 Å². The van der Waals surface area contributed by atoms with Gasteiger partial charge in [0.1, 0.15) is 0 Å². The Bertz CT molecular complexity index is 509. The maximum atomic E-state index is 4.66. The Morgan fingerprint density at radius 3 is 2.44 bits per heavy atom. The highest BCUT2D eigenvalue weighted by atomic mass is 32.1. The number of aryl methyl sites for hydroxylation is 1. The van der Waals surface area contributed by atoms with E-state index in [-0.39, 0.29) is 5.54 Å². The first-order valence-corrected chi connectivity index (χ1v) is 7.04. The van der Waals surface area contributed by atoms with Crippen molar-refractivity contribution >= 4 is 11.3 Å². The van der Waals surface area contributed by atoms with E-state index in [4.69, 9.17) is 0 Å². The minimum absolute atomic E-state index is 0.131. The SMILES string of the molecule is Cc1nc(-c2ccccc2)c(CNC(C)(C)C)s1. The molecule has 1 aromatic heterocycles. The number of thiazole rings is 1. The Kier molecular flexibility index (Phi) is 3.83. The van der Waals surface area contributed by atoms with Gasteiger partial charge < -0.3 is 5.32 Å². The predicted molar refractivity (Wildman–Crippen MR) is 78.9 cm³/mol. The number of aromatic nitrogens is 1. The maximum absolute atomic E-state index is 4.66. The van der Waals surface area contributed by atoms with Gasteiger partial charge in [-0.1, -0.05) is 30.3 Å². The van der Waals surface area contributed by atoms with E-state index in [9.17, 15) is 0 Å². The quantitative estimate of drug-likeness (QED) is 0.902. The van der Waals surface area contributed by atoms with E-state index in [1.54, 1.807) is 11.3 Å². The largest absolute Gasteiger partial charge is 0.307 e. The van der Waals surface area contributed by atoms with Gasteiger partial charge in [0.05, 0.1) is 10.7 Å². The highest BCUT2D eigenvalue weighted by molar-refractivity contribution is 7.12. The fourth-order valence-electron chi connectivity index (χ4n) is 1.76. The molecule has 2 aromatic rings. The Balaban J connectivity index is 2.26. The van der Waals surface area contributed by atoms with Gasteiger partial charge in [0.2, 0.25) is 0 Å². The molecule has 0 unspecified atom stereocenters. The summed E-state index contributed by atoms with van der Waals surface area (Å²) in [6, 6.07) is 10.4. The second-order valence-electron chi connectivity index (χ2n) is 5.47. The Morgan fingerprint density at radius 1 is 1.17 bits per heavy atom. The number of nitrogens with one attached hydrogen (secondary N) is 1. The lowest BCUT2D eigenvalue weighted by molar-refractivity contribution is 0.426. The van der Waals surface area contributed by atoms with Crippen molar-refractivity contribution in [3.8, 4) is 11.3 Å². The number of rotatable bonds is 3. The summed E-state index contributed by atoms with van der Waals surface area (Å²) < 4.78 is 0. The van der Waals surface area contributed by atoms with Crippen LogP contribution in [-0.2, 0) is 6.54 Å². The van der Waals surface area contributed by atoms with Crippen LogP contribution in [-0.4, -0.2) is 10.5 Å². The minimum atomic E-state index is 0.131. The third-order valence-corrected chi connectivity index (χ3v) is 3.60. The van der Waals surface area contributed by atoms with Crippen LogP contribution in [0.1, 0.15) is 30.7 Å². The van der Waals surface area contributed by atoms with E-state index in [1.807, 2.05) is 6.07 Å². The molecule has 2 nitrogen and oxygen atoms in total. The Labute approximate surface area is 113 Å². The number of nitrogens with zero attached hydrogens (tertiary/aromatic N) is 1. The first kappa shape index (κ1) is 13.2. The highest BCUT2D eigenvalue weighted by Crippen LogP contribution is 2.28. The zero-order valence-corrected chi connectivity index (χ0v) is 12.3. The second kappa shape index (κ2) is 5.21. The van der Waals surface area contributed by atoms with Gasteiger partial charge in [-0.2, -0.15) is 0 Å². The molecule has 1 N–H and O–H groups in total. The molecule has 3 heteroatoms. The summed E-state index contributed by atoms with van der Waals surface area (Å²) in [5.74, 6) is 0. The van der Waals surface area contributed by atoms with Crippen LogP contribution >= 0.6 is 11.3 Å². The normalized spacial score (nSPS) is 11.8. The molecule has 0 saturated heterocycles. The molecule has 0 bridgehead atoms. The average Bonchev–Trinajstić information content (AvgIpc) is 2.68. The summed E-state index contributed by atoms with van der Waals surface area (Å²) >= 11 is 1.78. The standard InChI is InChI=1S/C15H20N2S/c1-11-17-14(12-8-6-5-7-9-12)13(18-11)10-16-15(2,3)4/h5-9,16H,10H2,1-4H3. The smallest absolute Gasteiger partial charge is 0.0905 e. The number of benzene rings is 1. The van der Waals surface area contributed by atoms with Crippen molar-refractivity contribution in [3.05, 3.63) is 40.2 Å². The zero-order chi connectivity index (χ0) is 13.2. The van der Waals surface area contributed by atoms with Gasteiger partial charge in [0.15, 0.2) is 0 Å².